The molecule has 5 heteroatoms. The third kappa shape index (κ3) is 5.10. The van der Waals surface area contributed by atoms with Crippen molar-refractivity contribution in [1.29, 1.82) is 5.26 Å². The lowest BCUT2D eigenvalue weighted by molar-refractivity contribution is 0.0953. The van der Waals surface area contributed by atoms with Crippen molar-refractivity contribution in [2.24, 2.45) is 0 Å². The Balaban J connectivity index is 1.92. The third-order valence-corrected chi connectivity index (χ3v) is 4.27. The van der Waals surface area contributed by atoms with Gasteiger partial charge in [0.2, 0.25) is 0 Å². The van der Waals surface area contributed by atoms with Crippen LogP contribution < -0.4 is 10.6 Å². The number of hydrogen-bond acceptors (Lipinski definition) is 3. The number of carbonyl (C=O) groups excluding carboxylic acids is 1. The molecule has 0 radical (unpaired) electrons. The summed E-state index contributed by atoms with van der Waals surface area (Å²) in [6, 6.07) is 15.1. The molecule has 0 heterocycles. The Morgan fingerprint density at radius 1 is 1.21 bits per heavy atom. The molecule has 2 aromatic carbocycles. The van der Waals surface area contributed by atoms with Crippen LogP contribution in [0.1, 0.15) is 41.3 Å². The maximum absolute atomic E-state index is 12.0. The van der Waals surface area contributed by atoms with Crippen molar-refractivity contribution >= 4 is 27.5 Å². The fourth-order valence-electron chi connectivity index (χ4n) is 2.18. The van der Waals surface area contributed by atoms with E-state index >= 15 is 0 Å². The number of hydrogen-bond donors (Lipinski definition) is 2. The second-order valence-corrected chi connectivity index (χ2v) is 6.32. The monoisotopic (exact) mass is 385 g/mol. The second-order valence-electron chi connectivity index (χ2n) is 5.47. The summed E-state index contributed by atoms with van der Waals surface area (Å²) in [5.41, 5.74) is 3.30. The maximum Gasteiger partial charge on any atom is 0.251 e. The standard InChI is InChI=1S/C19H20BrN3O/c1-2-3-10-22-19(24)16-7-4-14(5-8-16)13-23-18-9-6-15(12-21)11-17(18)20/h4-9,11,23H,2-3,10,13H2,1H3,(H,22,24). The molecule has 0 fully saturated rings. The van der Waals surface area contributed by atoms with Gasteiger partial charge in [0, 0.05) is 28.8 Å². The molecule has 2 aromatic rings. The van der Waals surface area contributed by atoms with E-state index < -0.39 is 0 Å². The van der Waals surface area contributed by atoms with Gasteiger partial charge in [0.15, 0.2) is 0 Å². The highest BCUT2D eigenvalue weighted by Gasteiger charge is 2.05. The minimum Gasteiger partial charge on any atom is -0.380 e. The summed E-state index contributed by atoms with van der Waals surface area (Å²) in [4.78, 5) is 12.0. The fraction of sp³-hybridized carbons (Fsp3) is 0.263. The smallest absolute Gasteiger partial charge is 0.251 e. The normalized spacial score (nSPS) is 10.0. The molecule has 0 bridgehead atoms. The van der Waals surface area contributed by atoms with E-state index in [0.29, 0.717) is 24.2 Å². The topological polar surface area (TPSA) is 64.9 Å². The highest BCUT2D eigenvalue weighted by molar-refractivity contribution is 9.10. The minimum absolute atomic E-state index is 0.0298. The summed E-state index contributed by atoms with van der Waals surface area (Å²) in [5.74, 6) is -0.0298. The van der Waals surface area contributed by atoms with Gasteiger partial charge >= 0.3 is 0 Å². The average molecular weight is 386 g/mol. The Labute approximate surface area is 151 Å². The van der Waals surface area contributed by atoms with Crippen LogP contribution in [-0.2, 0) is 6.54 Å². The lowest BCUT2D eigenvalue weighted by Gasteiger charge is -2.10. The molecular weight excluding hydrogens is 366 g/mol. The van der Waals surface area contributed by atoms with E-state index in [-0.39, 0.29) is 5.91 Å². The van der Waals surface area contributed by atoms with Crippen LogP contribution in [0.15, 0.2) is 46.9 Å². The Bertz CT molecular complexity index is 735. The molecule has 2 rings (SSSR count). The van der Waals surface area contributed by atoms with Gasteiger partial charge in [-0.25, -0.2) is 0 Å². The van der Waals surface area contributed by atoms with Gasteiger partial charge in [-0.1, -0.05) is 25.5 Å². The Morgan fingerprint density at radius 2 is 1.96 bits per heavy atom. The number of amides is 1. The van der Waals surface area contributed by atoms with E-state index in [1.165, 1.54) is 0 Å². The first kappa shape index (κ1) is 18.0. The molecule has 0 spiro atoms. The van der Waals surface area contributed by atoms with E-state index in [9.17, 15) is 4.79 Å². The number of benzene rings is 2. The van der Waals surface area contributed by atoms with Crippen LogP contribution >= 0.6 is 15.9 Å². The van der Waals surface area contributed by atoms with Crippen LogP contribution in [-0.4, -0.2) is 12.5 Å². The number of nitrogens with one attached hydrogen (secondary N) is 2. The van der Waals surface area contributed by atoms with E-state index in [1.807, 2.05) is 30.3 Å². The molecule has 24 heavy (non-hydrogen) atoms. The first-order valence-electron chi connectivity index (χ1n) is 7.94. The van der Waals surface area contributed by atoms with Crippen molar-refractivity contribution in [2.75, 3.05) is 11.9 Å². The summed E-state index contributed by atoms with van der Waals surface area (Å²) >= 11 is 3.46. The van der Waals surface area contributed by atoms with Crippen molar-refractivity contribution in [3.05, 3.63) is 63.6 Å². The largest absolute Gasteiger partial charge is 0.380 e. The number of halogens is 1. The first-order chi connectivity index (χ1) is 11.6. The number of anilines is 1. The van der Waals surface area contributed by atoms with Crippen LogP contribution in [0.25, 0.3) is 0 Å². The van der Waals surface area contributed by atoms with Crippen molar-refractivity contribution in [3.8, 4) is 6.07 Å². The van der Waals surface area contributed by atoms with Crippen molar-refractivity contribution in [3.63, 3.8) is 0 Å². The molecule has 4 nitrogen and oxygen atoms in total. The molecule has 0 atom stereocenters. The molecule has 124 valence electrons. The van der Waals surface area contributed by atoms with Gasteiger partial charge in [-0.05, 0) is 58.2 Å². The zero-order chi connectivity index (χ0) is 17.4. The zero-order valence-electron chi connectivity index (χ0n) is 13.6. The summed E-state index contributed by atoms with van der Waals surface area (Å²) in [6.07, 6.45) is 2.06. The van der Waals surface area contributed by atoms with Gasteiger partial charge in [0.25, 0.3) is 5.91 Å². The molecule has 0 saturated heterocycles. The number of rotatable bonds is 7. The Kier molecular flexibility index (Phi) is 6.83. The van der Waals surface area contributed by atoms with Crippen LogP contribution in [0.2, 0.25) is 0 Å². The van der Waals surface area contributed by atoms with Crippen LogP contribution in [0.4, 0.5) is 5.69 Å². The molecule has 1 amide bonds. The zero-order valence-corrected chi connectivity index (χ0v) is 15.2. The third-order valence-electron chi connectivity index (χ3n) is 3.61. The quantitative estimate of drug-likeness (QED) is 0.691. The second kappa shape index (κ2) is 9.09. The van der Waals surface area contributed by atoms with Gasteiger partial charge in [0.05, 0.1) is 11.6 Å². The van der Waals surface area contributed by atoms with Gasteiger partial charge in [0.1, 0.15) is 0 Å². The van der Waals surface area contributed by atoms with Crippen LogP contribution in [0, 0.1) is 11.3 Å². The molecule has 0 saturated carbocycles. The molecule has 2 N–H and O–H groups in total. The summed E-state index contributed by atoms with van der Waals surface area (Å²) in [6.45, 7) is 3.45. The molecule has 0 aliphatic heterocycles. The van der Waals surface area contributed by atoms with Gasteiger partial charge < -0.3 is 10.6 Å². The Morgan fingerprint density at radius 3 is 2.58 bits per heavy atom. The summed E-state index contributed by atoms with van der Waals surface area (Å²) in [7, 11) is 0. The molecule has 0 aromatic heterocycles. The van der Waals surface area contributed by atoms with E-state index in [1.54, 1.807) is 12.1 Å². The number of carbonyl (C=O) groups is 1. The van der Waals surface area contributed by atoms with E-state index in [4.69, 9.17) is 5.26 Å². The Hall–Kier alpha value is -2.32. The average Bonchev–Trinajstić information content (AvgIpc) is 2.61. The predicted molar refractivity (Wildman–Crippen MR) is 99.9 cm³/mol. The fourth-order valence-corrected chi connectivity index (χ4v) is 2.70. The van der Waals surface area contributed by atoms with Gasteiger partial charge in [-0.15, -0.1) is 0 Å². The number of nitrogens with zero attached hydrogens (tertiary/aromatic N) is 1. The van der Waals surface area contributed by atoms with Crippen molar-refractivity contribution in [1.82, 2.24) is 5.32 Å². The molecule has 0 unspecified atom stereocenters. The predicted octanol–water partition coefficient (Wildman–Crippen LogP) is 4.46. The summed E-state index contributed by atoms with van der Waals surface area (Å²) in [5, 5.41) is 15.1. The lowest BCUT2D eigenvalue weighted by Crippen LogP contribution is -2.24. The van der Waals surface area contributed by atoms with Gasteiger partial charge in [-0.2, -0.15) is 5.26 Å². The minimum atomic E-state index is -0.0298. The number of unbranched alkanes of at least 4 members (excludes halogenated alkanes) is 1. The highest BCUT2D eigenvalue weighted by Crippen LogP contribution is 2.24. The van der Waals surface area contributed by atoms with Crippen molar-refractivity contribution in [2.45, 2.75) is 26.3 Å². The van der Waals surface area contributed by atoms with Gasteiger partial charge in [-0.3, -0.25) is 4.79 Å². The number of nitriles is 1. The van der Waals surface area contributed by atoms with E-state index in [0.717, 1.165) is 28.6 Å². The lowest BCUT2D eigenvalue weighted by atomic mass is 10.1. The van der Waals surface area contributed by atoms with Crippen LogP contribution in [0.5, 0.6) is 0 Å². The molecule has 0 aliphatic carbocycles. The highest BCUT2D eigenvalue weighted by atomic mass is 79.9. The van der Waals surface area contributed by atoms with Crippen LogP contribution in [0.3, 0.4) is 0 Å². The molecule has 0 aliphatic rings. The van der Waals surface area contributed by atoms with E-state index in [2.05, 4.69) is 39.6 Å². The molecular formula is C19H20BrN3O. The van der Waals surface area contributed by atoms with Crippen molar-refractivity contribution < 1.29 is 4.79 Å². The summed E-state index contributed by atoms with van der Waals surface area (Å²) < 4.78 is 0.855. The maximum atomic E-state index is 12.0. The first-order valence-corrected chi connectivity index (χ1v) is 8.74. The SMILES string of the molecule is CCCCNC(=O)c1ccc(CNc2ccc(C#N)cc2Br)cc1.